The Hall–Kier alpha value is -0.440. The summed E-state index contributed by atoms with van der Waals surface area (Å²) >= 11 is 0. The topological polar surface area (TPSA) is 206 Å². The van der Waals surface area contributed by atoms with Gasteiger partial charge in [-0.3, -0.25) is 15.2 Å². The van der Waals surface area contributed by atoms with E-state index in [2.05, 4.69) is 9.47 Å². The Labute approximate surface area is 92.5 Å². The molecule has 0 spiro atoms. The van der Waals surface area contributed by atoms with Crippen LogP contribution in [0.1, 0.15) is 0 Å². The lowest BCUT2D eigenvalue weighted by molar-refractivity contribution is -0.502. The van der Waals surface area contributed by atoms with Gasteiger partial charge in [0.05, 0.1) is 0 Å². The monoisotopic (exact) mass is 257 g/mol. The van der Waals surface area contributed by atoms with Crippen molar-refractivity contribution in [1.29, 1.82) is 0 Å². The van der Waals surface area contributed by atoms with Crippen molar-refractivity contribution in [2.75, 3.05) is 0 Å². The zero-order chi connectivity index (χ0) is 13.5. The van der Waals surface area contributed by atoms with Gasteiger partial charge in [0.15, 0.2) is 6.10 Å². The highest BCUT2D eigenvalue weighted by molar-refractivity contribution is 5.19. The van der Waals surface area contributed by atoms with Crippen molar-refractivity contribution in [3.8, 4) is 0 Å². The summed E-state index contributed by atoms with van der Waals surface area (Å²) in [5.41, 5.74) is -2.19. The van der Waals surface area contributed by atoms with Gasteiger partial charge in [-0.05, 0) is 0 Å². The summed E-state index contributed by atoms with van der Waals surface area (Å²) in [6.07, 6.45) is -2.82. The SMILES string of the molecule is NC1(O)C(O)(O)OC2(O)OC(O)(O)C(O)C21O. The molecule has 11 heteroatoms. The zero-order valence-corrected chi connectivity index (χ0v) is 8.05. The average Bonchev–Trinajstić information content (AvgIpc) is 2.28. The molecular formula is C6H11NO10. The van der Waals surface area contributed by atoms with Crippen LogP contribution in [0.5, 0.6) is 0 Å². The maximum Gasteiger partial charge on any atom is 0.330 e. The molecule has 100 valence electrons. The first-order chi connectivity index (χ1) is 7.32. The van der Waals surface area contributed by atoms with E-state index in [0.717, 1.165) is 0 Å². The number of nitrogens with two attached hydrogens (primary N) is 1. The Kier molecular flexibility index (Phi) is 2.11. The van der Waals surface area contributed by atoms with Gasteiger partial charge in [-0.15, -0.1) is 0 Å². The number of rotatable bonds is 0. The van der Waals surface area contributed by atoms with Crippen LogP contribution in [0.2, 0.25) is 0 Å². The second-order valence-corrected chi connectivity index (χ2v) is 3.99. The molecule has 4 unspecified atom stereocenters. The number of ether oxygens (including phenoxy) is 2. The smallest absolute Gasteiger partial charge is 0.330 e. The predicted octanol–water partition coefficient (Wildman–Crippen LogP) is -6.29. The molecule has 0 aromatic rings. The Morgan fingerprint density at radius 2 is 1.35 bits per heavy atom. The molecule has 2 rings (SSSR count). The quantitative estimate of drug-likeness (QED) is 0.186. The predicted molar refractivity (Wildman–Crippen MR) is 41.6 cm³/mol. The van der Waals surface area contributed by atoms with E-state index < -0.39 is 35.3 Å². The Morgan fingerprint density at radius 1 is 0.882 bits per heavy atom. The molecule has 0 aromatic carbocycles. The molecule has 0 bridgehead atoms. The van der Waals surface area contributed by atoms with Crippen molar-refractivity contribution < 1.29 is 50.3 Å². The molecule has 2 aliphatic rings. The van der Waals surface area contributed by atoms with E-state index in [1.165, 1.54) is 0 Å². The summed E-state index contributed by atoms with van der Waals surface area (Å²) in [5, 5.41) is 74.5. The van der Waals surface area contributed by atoms with E-state index in [-0.39, 0.29) is 0 Å². The van der Waals surface area contributed by atoms with Gasteiger partial charge in [0.1, 0.15) is 0 Å². The number of aliphatic hydroxyl groups is 8. The molecule has 2 aliphatic heterocycles. The summed E-state index contributed by atoms with van der Waals surface area (Å²) in [7, 11) is 0. The van der Waals surface area contributed by atoms with Crippen LogP contribution in [0.4, 0.5) is 0 Å². The summed E-state index contributed by atoms with van der Waals surface area (Å²) in [6, 6.07) is 0. The van der Waals surface area contributed by atoms with Crippen LogP contribution in [0.25, 0.3) is 0 Å². The number of hydrogen-bond acceptors (Lipinski definition) is 11. The minimum absolute atomic E-state index is 2.82. The first-order valence-electron chi connectivity index (χ1n) is 4.26. The van der Waals surface area contributed by atoms with Crippen molar-refractivity contribution in [3.05, 3.63) is 0 Å². The van der Waals surface area contributed by atoms with Gasteiger partial charge in [-0.1, -0.05) is 0 Å². The summed E-state index contributed by atoms with van der Waals surface area (Å²) in [4.78, 5) is 0. The number of hydrogen-bond donors (Lipinski definition) is 9. The third-order valence-corrected chi connectivity index (χ3v) is 2.88. The number of aliphatic hydroxyl groups excluding tert-OH is 1. The average molecular weight is 257 g/mol. The first kappa shape index (κ1) is 13.0. The molecule has 0 radical (unpaired) electrons. The van der Waals surface area contributed by atoms with Gasteiger partial charge in [-0.2, -0.15) is 0 Å². The molecule has 10 N–H and O–H groups in total. The molecule has 0 saturated carbocycles. The molecule has 11 nitrogen and oxygen atoms in total. The van der Waals surface area contributed by atoms with Crippen molar-refractivity contribution in [3.63, 3.8) is 0 Å². The van der Waals surface area contributed by atoms with Crippen molar-refractivity contribution in [2.45, 2.75) is 35.3 Å². The van der Waals surface area contributed by atoms with Gasteiger partial charge in [0, 0.05) is 0 Å². The Bertz CT molecular complexity index is 368. The molecule has 2 saturated heterocycles. The van der Waals surface area contributed by atoms with Crippen LogP contribution in [0.3, 0.4) is 0 Å². The lowest BCUT2D eigenvalue weighted by Crippen LogP contribution is -2.75. The van der Waals surface area contributed by atoms with Gasteiger partial charge >= 0.3 is 17.9 Å². The van der Waals surface area contributed by atoms with Crippen LogP contribution in [-0.4, -0.2) is 76.2 Å². The van der Waals surface area contributed by atoms with Crippen molar-refractivity contribution in [1.82, 2.24) is 0 Å². The number of fused-ring (bicyclic) bond motifs is 1. The maximum absolute atomic E-state index is 9.79. The normalized spacial score (nSPS) is 55.9. The molecule has 0 aliphatic carbocycles. The fraction of sp³-hybridized carbons (Fsp3) is 1.00. The largest absolute Gasteiger partial charge is 0.381 e. The molecule has 0 aromatic heterocycles. The molecule has 2 heterocycles. The lowest BCUT2D eigenvalue weighted by Gasteiger charge is -2.37. The second kappa shape index (κ2) is 2.76. The summed E-state index contributed by atoms with van der Waals surface area (Å²) in [6.45, 7) is 0. The van der Waals surface area contributed by atoms with Crippen molar-refractivity contribution >= 4 is 0 Å². The minimum atomic E-state index is -3.71. The van der Waals surface area contributed by atoms with Crippen LogP contribution >= 0.6 is 0 Å². The third kappa shape index (κ3) is 1.12. The highest BCUT2D eigenvalue weighted by Gasteiger charge is 2.89. The van der Waals surface area contributed by atoms with Crippen LogP contribution < -0.4 is 5.73 Å². The van der Waals surface area contributed by atoms with E-state index in [1.807, 2.05) is 0 Å². The molecule has 4 atom stereocenters. The first-order valence-corrected chi connectivity index (χ1v) is 4.26. The maximum atomic E-state index is 9.79. The minimum Gasteiger partial charge on any atom is -0.381 e. The van der Waals surface area contributed by atoms with Crippen LogP contribution in [0, 0.1) is 0 Å². The molecule has 17 heavy (non-hydrogen) atoms. The highest BCUT2D eigenvalue weighted by Crippen LogP contribution is 2.55. The summed E-state index contributed by atoms with van der Waals surface area (Å²) in [5.74, 6) is -10.8. The van der Waals surface area contributed by atoms with Gasteiger partial charge in [0.25, 0.3) is 0 Å². The van der Waals surface area contributed by atoms with Crippen LogP contribution in [-0.2, 0) is 9.47 Å². The molecule has 2 fully saturated rings. The Morgan fingerprint density at radius 3 is 1.76 bits per heavy atom. The van der Waals surface area contributed by atoms with Crippen LogP contribution in [0.15, 0.2) is 0 Å². The highest BCUT2D eigenvalue weighted by atomic mass is 17.0. The van der Waals surface area contributed by atoms with E-state index in [9.17, 15) is 20.4 Å². The zero-order valence-electron chi connectivity index (χ0n) is 8.05. The van der Waals surface area contributed by atoms with E-state index in [0.29, 0.717) is 0 Å². The van der Waals surface area contributed by atoms with E-state index >= 15 is 0 Å². The Balaban J connectivity index is 2.62. The van der Waals surface area contributed by atoms with E-state index in [1.54, 1.807) is 0 Å². The molecule has 0 amide bonds. The third-order valence-electron chi connectivity index (χ3n) is 2.88. The fourth-order valence-corrected chi connectivity index (χ4v) is 1.85. The summed E-state index contributed by atoms with van der Waals surface area (Å²) < 4.78 is 7.86. The van der Waals surface area contributed by atoms with E-state index in [4.69, 9.17) is 26.2 Å². The van der Waals surface area contributed by atoms with Crippen molar-refractivity contribution in [2.24, 2.45) is 5.73 Å². The standard InChI is InChI=1S/C6H11NO10/c7-4(12)2(9)1(8)3(10,11)16-6(2,15)17-5(4,13)14/h1,8-15H,7H2. The van der Waals surface area contributed by atoms with Gasteiger partial charge in [-0.25, -0.2) is 0 Å². The lowest BCUT2D eigenvalue weighted by atomic mass is 9.84. The fourth-order valence-electron chi connectivity index (χ4n) is 1.85. The van der Waals surface area contributed by atoms with Gasteiger partial charge in [0.2, 0.25) is 11.3 Å². The van der Waals surface area contributed by atoms with Gasteiger partial charge < -0.3 is 40.9 Å². The molecular weight excluding hydrogens is 246 g/mol. The second-order valence-electron chi connectivity index (χ2n) is 3.99.